The fraction of sp³-hybridized carbons (Fsp3) is 0.909. The summed E-state index contributed by atoms with van der Waals surface area (Å²) < 4.78 is 5.19. The van der Waals surface area contributed by atoms with E-state index in [1.807, 2.05) is 27.7 Å². The molecule has 90 valence electrons. The standard InChI is InChI=1S/C11H24N2O2/c1-10(2,12)7-6-9(14)13-8-11(3,4)15-5/h6-8,12H2,1-5H3,(H,13,14). The van der Waals surface area contributed by atoms with E-state index in [-0.39, 0.29) is 17.0 Å². The predicted octanol–water partition coefficient (Wildman–Crippen LogP) is 1.05. The van der Waals surface area contributed by atoms with E-state index in [0.717, 1.165) is 0 Å². The van der Waals surface area contributed by atoms with E-state index in [1.165, 1.54) is 0 Å². The van der Waals surface area contributed by atoms with Crippen LogP contribution in [0.4, 0.5) is 0 Å². The average molecular weight is 216 g/mol. The third-order valence-electron chi connectivity index (χ3n) is 2.26. The van der Waals surface area contributed by atoms with Crippen molar-refractivity contribution >= 4 is 5.91 Å². The molecule has 3 N–H and O–H groups in total. The van der Waals surface area contributed by atoms with Crippen LogP contribution in [-0.4, -0.2) is 30.7 Å². The molecule has 15 heavy (non-hydrogen) atoms. The Morgan fingerprint density at radius 2 is 1.87 bits per heavy atom. The number of carbonyl (C=O) groups excluding carboxylic acids is 1. The van der Waals surface area contributed by atoms with Gasteiger partial charge in [-0.05, 0) is 34.1 Å². The van der Waals surface area contributed by atoms with Gasteiger partial charge in [-0.1, -0.05) is 0 Å². The van der Waals surface area contributed by atoms with Crippen molar-refractivity contribution in [1.82, 2.24) is 5.32 Å². The molecule has 0 radical (unpaired) electrons. The molecule has 0 heterocycles. The maximum Gasteiger partial charge on any atom is 0.220 e. The highest BCUT2D eigenvalue weighted by Gasteiger charge is 2.18. The second-order valence-electron chi connectivity index (χ2n) is 5.23. The first kappa shape index (κ1) is 14.4. The normalized spacial score (nSPS) is 12.7. The highest BCUT2D eigenvalue weighted by Crippen LogP contribution is 2.08. The summed E-state index contributed by atoms with van der Waals surface area (Å²) in [5, 5.41) is 2.83. The zero-order chi connectivity index (χ0) is 12.1. The zero-order valence-corrected chi connectivity index (χ0v) is 10.5. The maximum absolute atomic E-state index is 11.4. The fourth-order valence-corrected chi connectivity index (χ4v) is 0.908. The summed E-state index contributed by atoms with van der Waals surface area (Å²) in [6.07, 6.45) is 1.15. The Kier molecular flexibility index (Phi) is 5.24. The predicted molar refractivity (Wildman–Crippen MR) is 61.6 cm³/mol. The first-order valence-electron chi connectivity index (χ1n) is 5.27. The Hall–Kier alpha value is -0.610. The number of hydrogen-bond donors (Lipinski definition) is 2. The lowest BCUT2D eigenvalue weighted by Gasteiger charge is -2.23. The van der Waals surface area contributed by atoms with Crippen LogP contribution >= 0.6 is 0 Å². The van der Waals surface area contributed by atoms with Crippen molar-refractivity contribution in [3.63, 3.8) is 0 Å². The van der Waals surface area contributed by atoms with E-state index in [2.05, 4.69) is 5.32 Å². The number of methoxy groups -OCH3 is 1. The highest BCUT2D eigenvalue weighted by molar-refractivity contribution is 5.76. The average Bonchev–Trinajstić information content (AvgIpc) is 2.10. The van der Waals surface area contributed by atoms with Gasteiger partial charge in [0.15, 0.2) is 0 Å². The van der Waals surface area contributed by atoms with Crippen molar-refractivity contribution in [2.24, 2.45) is 5.73 Å². The molecule has 1 amide bonds. The lowest BCUT2D eigenvalue weighted by atomic mass is 10.00. The zero-order valence-electron chi connectivity index (χ0n) is 10.5. The number of hydrogen-bond acceptors (Lipinski definition) is 3. The summed E-state index contributed by atoms with van der Waals surface area (Å²) >= 11 is 0. The number of rotatable bonds is 6. The second-order valence-corrected chi connectivity index (χ2v) is 5.23. The molecule has 4 nitrogen and oxygen atoms in total. The first-order valence-corrected chi connectivity index (χ1v) is 5.27. The number of nitrogens with one attached hydrogen (secondary N) is 1. The third kappa shape index (κ3) is 8.39. The third-order valence-corrected chi connectivity index (χ3v) is 2.26. The van der Waals surface area contributed by atoms with Crippen LogP contribution in [0.1, 0.15) is 40.5 Å². The van der Waals surface area contributed by atoms with Crippen LogP contribution in [-0.2, 0) is 9.53 Å². The molecule has 0 aromatic rings. The van der Waals surface area contributed by atoms with E-state index in [4.69, 9.17) is 10.5 Å². The fourth-order valence-electron chi connectivity index (χ4n) is 0.908. The van der Waals surface area contributed by atoms with Crippen LogP contribution in [0.15, 0.2) is 0 Å². The Morgan fingerprint density at radius 1 is 1.33 bits per heavy atom. The van der Waals surface area contributed by atoms with Gasteiger partial charge in [0, 0.05) is 25.6 Å². The minimum Gasteiger partial charge on any atom is -0.377 e. The number of amides is 1. The Labute approximate surface area is 92.6 Å². The van der Waals surface area contributed by atoms with Crippen molar-refractivity contribution < 1.29 is 9.53 Å². The van der Waals surface area contributed by atoms with Crippen molar-refractivity contribution in [3.05, 3.63) is 0 Å². The molecule has 0 atom stereocenters. The first-order chi connectivity index (χ1) is 6.66. The van der Waals surface area contributed by atoms with Gasteiger partial charge in [-0.3, -0.25) is 4.79 Å². The molecular weight excluding hydrogens is 192 g/mol. The summed E-state index contributed by atoms with van der Waals surface area (Å²) in [5.41, 5.74) is 5.19. The quantitative estimate of drug-likeness (QED) is 0.697. The van der Waals surface area contributed by atoms with Gasteiger partial charge < -0.3 is 15.8 Å². The van der Waals surface area contributed by atoms with Crippen molar-refractivity contribution in [2.45, 2.75) is 51.7 Å². The minimum absolute atomic E-state index is 0.0265. The summed E-state index contributed by atoms with van der Waals surface area (Å²) in [5.74, 6) is 0.0265. The summed E-state index contributed by atoms with van der Waals surface area (Å²) in [6.45, 7) is 8.21. The molecular formula is C11H24N2O2. The minimum atomic E-state index is -0.312. The van der Waals surface area contributed by atoms with E-state index in [9.17, 15) is 4.79 Å². The Morgan fingerprint density at radius 3 is 2.27 bits per heavy atom. The number of ether oxygens (including phenoxy) is 1. The molecule has 0 aliphatic rings. The molecule has 0 spiro atoms. The van der Waals surface area contributed by atoms with Crippen LogP contribution in [0.3, 0.4) is 0 Å². The van der Waals surface area contributed by atoms with Gasteiger partial charge in [-0.15, -0.1) is 0 Å². The van der Waals surface area contributed by atoms with Crippen molar-refractivity contribution in [2.75, 3.05) is 13.7 Å². The molecule has 0 rings (SSSR count). The SMILES string of the molecule is COC(C)(C)CNC(=O)CCC(C)(C)N. The van der Waals surface area contributed by atoms with Gasteiger partial charge in [0.05, 0.1) is 5.60 Å². The van der Waals surface area contributed by atoms with Crippen LogP contribution < -0.4 is 11.1 Å². The van der Waals surface area contributed by atoms with Crippen molar-refractivity contribution in [1.29, 1.82) is 0 Å². The molecule has 0 aliphatic carbocycles. The molecule has 0 fully saturated rings. The molecule has 0 aliphatic heterocycles. The van der Waals surface area contributed by atoms with Gasteiger partial charge in [0.2, 0.25) is 5.91 Å². The molecule has 0 saturated heterocycles. The molecule has 0 aromatic heterocycles. The van der Waals surface area contributed by atoms with Crippen LogP contribution in [0, 0.1) is 0 Å². The molecule has 0 saturated carbocycles. The van der Waals surface area contributed by atoms with Crippen molar-refractivity contribution in [3.8, 4) is 0 Å². The van der Waals surface area contributed by atoms with Crippen LogP contribution in [0.5, 0.6) is 0 Å². The van der Waals surface area contributed by atoms with Gasteiger partial charge >= 0.3 is 0 Å². The lowest BCUT2D eigenvalue weighted by molar-refractivity contribution is -0.122. The Bertz CT molecular complexity index is 207. The highest BCUT2D eigenvalue weighted by atomic mass is 16.5. The van der Waals surface area contributed by atoms with Crippen LogP contribution in [0.25, 0.3) is 0 Å². The lowest BCUT2D eigenvalue weighted by Crippen LogP contribution is -2.41. The van der Waals surface area contributed by atoms with Gasteiger partial charge in [-0.25, -0.2) is 0 Å². The topological polar surface area (TPSA) is 64.3 Å². The Balaban J connectivity index is 3.77. The smallest absolute Gasteiger partial charge is 0.220 e. The van der Waals surface area contributed by atoms with E-state index >= 15 is 0 Å². The van der Waals surface area contributed by atoms with E-state index in [0.29, 0.717) is 19.4 Å². The molecule has 4 heteroatoms. The molecule has 0 bridgehead atoms. The van der Waals surface area contributed by atoms with E-state index < -0.39 is 0 Å². The second kappa shape index (κ2) is 5.47. The summed E-state index contributed by atoms with van der Waals surface area (Å²) in [6, 6.07) is 0. The number of nitrogens with two attached hydrogens (primary N) is 1. The maximum atomic E-state index is 11.4. The van der Waals surface area contributed by atoms with Gasteiger partial charge in [0.1, 0.15) is 0 Å². The number of carbonyl (C=O) groups is 1. The molecule has 0 unspecified atom stereocenters. The monoisotopic (exact) mass is 216 g/mol. The van der Waals surface area contributed by atoms with Gasteiger partial charge in [-0.2, -0.15) is 0 Å². The van der Waals surface area contributed by atoms with Gasteiger partial charge in [0.25, 0.3) is 0 Å². The largest absolute Gasteiger partial charge is 0.377 e. The molecule has 0 aromatic carbocycles. The summed E-state index contributed by atoms with van der Waals surface area (Å²) in [4.78, 5) is 11.4. The van der Waals surface area contributed by atoms with Crippen LogP contribution in [0.2, 0.25) is 0 Å². The van der Waals surface area contributed by atoms with E-state index in [1.54, 1.807) is 7.11 Å². The summed E-state index contributed by atoms with van der Waals surface area (Å²) in [7, 11) is 1.63.